The fourth-order valence-corrected chi connectivity index (χ4v) is 3.52. The SMILES string of the molecule is CS(=O)(=O)c1cc(F)c(-c2[nH]c(C(F)(F)F)nc2-c2ccc(Br)cc2)cc1F. The lowest BCUT2D eigenvalue weighted by molar-refractivity contribution is -0.144. The van der Waals surface area contributed by atoms with Gasteiger partial charge in [-0.25, -0.2) is 22.2 Å². The summed E-state index contributed by atoms with van der Waals surface area (Å²) in [5.74, 6) is -3.89. The Hall–Kier alpha value is -2.27. The molecule has 0 spiro atoms. The molecule has 2 aromatic carbocycles. The number of aromatic amines is 1. The minimum Gasteiger partial charge on any atom is -0.334 e. The zero-order chi connectivity index (χ0) is 20.9. The van der Waals surface area contributed by atoms with Gasteiger partial charge in [0.05, 0.1) is 11.4 Å². The Bertz CT molecular complexity index is 1160. The minimum absolute atomic E-state index is 0.219. The highest BCUT2D eigenvalue weighted by Crippen LogP contribution is 2.37. The standard InChI is InChI=1S/C17H10BrF5N2O2S/c1-28(26,27)13-7-11(19)10(6-12(13)20)15-14(8-2-4-9(18)5-3-8)24-16(25-15)17(21,22)23/h2-7H,1H3,(H,24,25). The van der Waals surface area contributed by atoms with Gasteiger partial charge in [0.2, 0.25) is 5.82 Å². The summed E-state index contributed by atoms with van der Waals surface area (Å²) >= 11 is 3.19. The summed E-state index contributed by atoms with van der Waals surface area (Å²) in [6.07, 6.45) is -4.17. The average Bonchev–Trinajstić information content (AvgIpc) is 3.01. The number of nitrogens with one attached hydrogen (secondary N) is 1. The molecule has 0 aliphatic carbocycles. The van der Waals surface area contributed by atoms with Crippen LogP contribution in [0.5, 0.6) is 0 Å². The largest absolute Gasteiger partial charge is 0.449 e. The van der Waals surface area contributed by atoms with Gasteiger partial charge in [-0.15, -0.1) is 0 Å². The van der Waals surface area contributed by atoms with Crippen LogP contribution in [0.3, 0.4) is 0 Å². The van der Waals surface area contributed by atoms with Crippen LogP contribution in [0, 0.1) is 11.6 Å². The number of hydrogen-bond acceptors (Lipinski definition) is 3. The van der Waals surface area contributed by atoms with E-state index in [4.69, 9.17) is 0 Å². The molecule has 1 aromatic heterocycles. The smallest absolute Gasteiger partial charge is 0.334 e. The maximum absolute atomic E-state index is 14.5. The number of H-pyrrole nitrogens is 1. The van der Waals surface area contributed by atoms with E-state index in [1.807, 2.05) is 4.98 Å². The highest BCUT2D eigenvalue weighted by Gasteiger charge is 2.36. The molecule has 28 heavy (non-hydrogen) atoms. The molecule has 1 N–H and O–H groups in total. The van der Waals surface area contributed by atoms with Crippen molar-refractivity contribution in [3.63, 3.8) is 0 Å². The van der Waals surface area contributed by atoms with Gasteiger partial charge < -0.3 is 4.98 Å². The van der Waals surface area contributed by atoms with Crippen molar-refractivity contribution in [2.24, 2.45) is 0 Å². The van der Waals surface area contributed by atoms with Crippen LogP contribution in [0.4, 0.5) is 22.0 Å². The second-order valence-corrected chi connectivity index (χ2v) is 8.75. The van der Waals surface area contributed by atoms with Crippen molar-refractivity contribution in [2.45, 2.75) is 11.1 Å². The average molecular weight is 481 g/mol. The van der Waals surface area contributed by atoms with Crippen LogP contribution in [0.2, 0.25) is 0 Å². The number of imidazole rings is 1. The maximum atomic E-state index is 14.5. The van der Waals surface area contributed by atoms with Gasteiger partial charge in [-0.1, -0.05) is 28.1 Å². The van der Waals surface area contributed by atoms with Crippen LogP contribution in [-0.2, 0) is 16.0 Å². The molecule has 3 aromatic rings. The highest BCUT2D eigenvalue weighted by molar-refractivity contribution is 9.10. The first-order chi connectivity index (χ1) is 12.9. The normalized spacial score (nSPS) is 12.4. The van der Waals surface area contributed by atoms with Crippen LogP contribution in [-0.4, -0.2) is 24.6 Å². The van der Waals surface area contributed by atoms with Crippen LogP contribution in [0.1, 0.15) is 5.82 Å². The van der Waals surface area contributed by atoms with Crippen LogP contribution in [0.25, 0.3) is 22.5 Å². The van der Waals surface area contributed by atoms with Gasteiger partial charge >= 0.3 is 6.18 Å². The number of halogens is 6. The molecule has 1 heterocycles. The fourth-order valence-electron chi connectivity index (χ4n) is 2.52. The summed E-state index contributed by atoms with van der Waals surface area (Å²) in [6.45, 7) is 0. The number of benzene rings is 2. The Kier molecular flexibility index (Phi) is 5.09. The van der Waals surface area contributed by atoms with Crippen molar-refractivity contribution in [3.05, 3.63) is 58.3 Å². The molecule has 0 aliphatic rings. The molecule has 0 radical (unpaired) electrons. The predicted molar refractivity (Wildman–Crippen MR) is 95.2 cm³/mol. The van der Waals surface area contributed by atoms with Crippen molar-refractivity contribution >= 4 is 25.8 Å². The van der Waals surface area contributed by atoms with Gasteiger partial charge in [0.1, 0.15) is 16.5 Å². The second kappa shape index (κ2) is 6.96. The van der Waals surface area contributed by atoms with E-state index in [0.29, 0.717) is 22.9 Å². The molecular weight excluding hydrogens is 471 g/mol. The van der Waals surface area contributed by atoms with Crippen LogP contribution < -0.4 is 0 Å². The van der Waals surface area contributed by atoms with Crippen molar-refractivity contribution < 1.29 is 30.4 Å². The zero-order valence-electron chi connectivity index (χ0n) is 13.9. The first-order valence-corrected chi connectivity index (χ1v) is 10.2. The summed E-state index contributed by atoms with van der Waals surface area (Å²) < 4.78 is 91.9. The van der Waals surface area contributed by atoms with Crippen LogP contribution >= 0.6 is 15.9 Å². The van der Waals surface area contributed by atoms with E-state index in [1.165, 1.54) is 12.1 Å². The van der Waals surface area contributed by atoms with Gasteiger partial charge in [0.15, 0.2) is 9.84 Å². The summed E-state index contributed by atoms with van der Waals surface area (Å²) in [6, 6.07) is 6.95. The fraction of sp³-hybridized carbons (Fsp3) is 0.118. The number of alkyl halides is 3. The first-order valence-electron chi connectivity index (χ1n) is 7.50. The lowest BCUT2D eigenvalue weighted by atomic mass is 10.0. The minimum atomic E-state index is -4.86. The number of nitrogens with zero attached hydrogens (tertiary/aromatic N) is 1. The molecule has 4 nitrogen and oxygen atoms in total. The lowest BCUT2D eigenvalue weighted by Gasteiger charge is -2.08. The van der Waals surface area contributed by atoms with Gasteiger partial charge in [0.25, 0.3) is 0 Å². The van der Waals surface area contributed by atoms with E-state index < -0.39 is 49.6 Å². The van der Waals surface area contributed by atoms with E-state index in [0.717, 1.165) is 0 Å². The molecule has 11 heteroatoms. The molecule has 0 unspecified atom stereocenters. The summed E-state index contributed by atoms with van der Waals surface area (Å²) in [5.41, 5.74) is -1.04. The maximum Gasteiger partial charge on any atom is 0.449 e. The van der Waals surface area contributed by atoms with E-state index in [2.05, 4.69) is 20.9 Å². The Morgan fingerprint density at radius 3 is 2.18 bits per heavy atom. The molecule has 0 saturated heterocycles. The summed E-state index contributed by atoms with van der Waals surface area (Å²) in [7, 11) is -4.07. The lowest BCUT2D eigenvalue weighted by Crippen LogP contribution is -2.07. The molecule has 3 rings (SSSR count). The Morgan fingerprint density at radius 2 is 1.64 bits per heavy atom. The molecule has 148 valence electrons. The number of aromatic nitrogens is 2. The van der Waals surface area contributed by atoms with Gasteiger partial charge in [0, 0.05) is 21.9 Å². The Labute approximate surface area is 164 Å². The Balaban J connectivity index is 2.28. The third-order valence-corrected chi connectivity index (χ3v) is 5.42. The van der Waals surface area contributed by atoms with Crippen molar-refractivity contribution in [2.75, 3.05) is 6.26 Å². The van der Waals surface area contributed by atoms with E-state index in [9.17, 15) is 30.4 Å². The monoisotopic (exact) mass is 480 g/mol. The van der Waals surface area contributed by atoms with E-state index in [-0.39, 0.29) is 11.3 Å². The van der Waals surface area contributed by atoms with Gasteiger partial charge in [-0.05, 0) is 24.3 Å². The predicted octanol–water partition coefficient (Wildman–Crippen LogP) is 5.21. The third kappa shape index (κ3) is 3.95. The molecule has 0 bridgehead atoms. The molecule has 0 amide bonds. The third-order valence-electron chi connectivity index (χ3n) is 3.78. The van der Waals surface area contributed by atoms with E-state index >= 15 is 0 Å². The highest BCUT2D eigenvalue weighted by atomic mass is 79.9. The molecule has 0 atom stereocenters. The second-order valence-electron chi connectivity index (χ2n) is 5.85. The summed E-state index contributed by atoms with van der Waals surface area (Å²) in [4.78, 5) is 4.58. The molecule has 0 fully saturated rings. The molecule has 0 aliphatic heterocycles. The van der Waals surface area contributed by atoms with E-state index in [1.54, 1.807) is 12.1 Å². The number of hydrogen-bond donors (Lipinski definition) is 1. The quantitative estimate of drug-likeness (QED) is 0.523. The topological polar surface area (TPSA) is 62.8 Å². The van der Waals surface area contributed by atoms with Gasteiger partial charge in [-0.2, -0.15) is 13.2 Å². The zero-order valence-corrected chi connectivity index (χ0v) is 16.3. The van der Waals surface area contributed by atoms with Gasteiger partial charge in [-0.3, -0.25) is 0 Å². The summed E-state index contributed by atoms with van der Waals surface area (Å²) in [5, 5.41) is 0. The number of rotatable bonds is 3. The molecular formula is C17H10BrF5N2O2S. The number of sulfone groups is 1. The van der Waals surface area contributed by atoms with Crippen LogP contribution in [0.15, 0.2) is 45.8 Å². The van der Waals surface area contributed by atoms with Crippen molar-refractivity contribution in [1.82, 2.24) is 9.97 Å². The van der Waals surface area contributed by atoms with Crippen molar-refractivity contribution in [1.29, 1.82) is 0 Å². The first kappa shape index (κ1) is 20.5. The molecule has 0 saturated carbocycles. The van der Waals surface area contributed by atoms with Crippen molar-refractivity contribution in [3.8, 4) is 22.5 Å². The Morgan fingerprint density at radius 1 is 1.04 bits per heavy atom.